The summed E-state index contributed by atoms with van der Waals surface area (Å²) in [7, 11) is 0. The molecule has 4 heteroatoms. The molecule has 0 saturated carbocycles. The lowest BCUT2D eigenvalue weighted by molar-refractivity contribution is -0.123. The number of carbonyl (C=O) groups excluding carboxylic acids is 1. The lowest BCUT2D eigenvalue weighted by Gasteiger charge is -2.15. The van der Waals surface area contributed by atoms with Gasteiger partial charge < -0.3 is 10.1 Å². The fraction of sp³-hybridized carbons (Fsp3) is 0.235. The molecule has 1 atom stereocenters. The van der Waals surface area contributed by atoms with Gasteiger partial charge in [-0.3, -0.25) is 4.79 Å². The van der Waals surface area contributed by atoms with Crippen molar-refractivity contribution in [2.45, 2.75) is 19.9 Å². The number of aryl methyl sites for hydroxylation is 1. The summed E-state index contributed by atoms with van der Waals surface area (Å²) >= 11 is 5.97. The SMILES string of the molecule is Cc1ccc([C@H](C)NC(=O)COc2ccccc2Cl)cc1. The molecule has 0 unspecified atom stereocenters. The van der Waals surface area contributed by atoms with Gasteiger partial charge in [0, 0.05) is 0 Å². The van der Waals surface area contributed by atoms with Gasteiger partial charge in [0.15, 0.2) is 6.61 Å². The number of rotatable bonds is 5. The molecule has 2 aromatic rings. The van der Waals surface area contributed by atoms with E-state index in [-0.39, 0.29) is 18.6 Å². The number of nitrogens with one attached hydrogen (secondary N) is 1. The second kappa shape index (κ2) is 7.14. The molecule has 1 amide bonds. The van der Waals surface area contributed by atoms with Crippen molar-refractivity contribution < 1.29 is 9.53 Å². The zero-order valence-electron chi connectivity index (χ0n) is 12.1. The Balaban J connectivity index is 1.87. The van der Waals surface area contributed by atoms with Crippen molar-refractivity contribution in [2.24, 2.45) is 0 Å². The summed E-state index contributed by atoms with van der Waals surface area (Å²) in [6.45, 7) is 3.92. The van der Waals surface area contributed by atoms with Gasteiger partial charge in [0.2, 0.25) is 0 Å². The minimum absolute atomic E-state index is 0.0556. The summed E-state index contributed by atoms with van der Waals surface area (Å²) < 4.78 is 5.41. The zero-order chi connectivity index (χ0) is 15.2. The van der Waals surface area contributed by atoms with Gasteiger partial charge >= 0.3 is 0 Å². The third-order valence-corrected chi connectivity index (χ3v) is 3.46. The van der Waals surface area contributed by atoms with Gasteiger partial charge in [-0.1, -0.05) is 53.6 Å². The Morgan fingerprint density at radius 2 is 1.86 bits per heavy atom. The maximum absolute atomic E-state index is 11.9. The number of amides is 1. The highest BCUT2D eigenvalue weighted by molar-refractivity contribution is 6.32. The fourth-order valence-electron chi connectivity index (χ4n) is 1.93. The van der Waals surface area contributed by atoms with Crippen LogP contribution in [0.5, 0.6) is 5.75 Å². The van der Waals surface area contributed by atoms with Crippen LogP contribution in [-0.2, 0) is 4.79 Å². The molecule has 3 nitrogen and oxygen atoms in total. The van der Waals surface area contributed by atoms with Gasteiger partial charge in [0.05, 0.1) is 11.1 Å². The average Bonchev–Trinajstić information content (AvgIpc) is 2.47. The Kier molecular flexibility index (Phi) is 5.23. The van der Waals surface area contributed by atoms with Crippen molar-refractivity contribution in [3.8, 4) is 5.75 Å². The van der Waals surface area contributed by atoms with Crippen LogP contribution in [0.4, 0.5) is 0 Å². The summed E-state index contributed by atoms with van der Waals surface area (Å²) in [6.07, 6.45) is 0. The molecular formula is C17H18ClNO2. The maximum atomic E-state index is 11.9. The fourth-order valence-corrected chi connectivity index (χ4v) is 2.12. The van der Waals surface area contributed by atoms with E-state index < -0.39 is 0 Å². The molecular weight excluding hydrogens is 286 g/mol. The van der Waals surface area contributed by atoms with Crippen molar-refractivity contribution in [1.82, 2.24) is 5.32 Å². The number of hydrogen-bond donors (Lipinski definition) is 1. The van der Waals surface area contributed by atoms with E-state index in [0.717, 1.165) is 5.56 Å². The topological polar surface area (TPSA) is 38.3 Å². The molecule has 2 aromatic carbocycles. The smallest absolute Gasteiger partial charge is 0.258 e. The van der Waals surface area contributed by atoms with Crippen LogP contribution < -0.4 is 10.1 Å². The van der Waals surface area contributed by atoms with Crippen molar-refractivity contribution in [3.63, 3.8) is 0 Å². The highest BCUT2D eigenvalue weighted by Gasteiger charge is 2.10. The molecule has 110 valence electrons. The van der Waals surface area contributed by atoms with Crippen molar-refractivity contribution in [3.05, 3.63) is 64.7 Å². The lowest BCUT2D eigenvalue weighted by atomic mass is 10.1. The highest BCUT2D eigenvalue weighted by Crippen LogP contribution is 2.22. The minimum Gasteiger partial charge on any atom is -0.482 e. The predicted molar refractivity (Wildman–Crippen MR) is 84.7 cm³/mol. The number of benzene rings is 2. The van der Waals surface area contributed by atoms with E-state index in [2.05, 4.69) is 5.32 Å². The molecule has 0 saturated heterocycles. The second-order valence-electron chi connectivity index (χ2n) is 4.92. The summed E-state index contributed by atoms with van der Waals surface area (Å²) in [5.41, 5.74) is 2.26. The van der Waals surface area contributed by atoms with Crippen molar-refractivity contribution in [2.75, 3.05) is 6.61 Å². The number of ether oxygens (including phenoxy) is 1. The summed E-state index contributed by atoms with van der Waals surface area (Å²) in [4.78, 5) is 11.9. The number of carbonyl (C=O) groups is 1. The molecule has 0 heterocycles. The third kappa shape index (κ3) is 4.50. The zero-order valence-corrected chi connectivity index (χ0v) is 12.9. The minimum atomic E-state index is -0.178. The maximum Gasteiger partial charge on any atom is 0.258 e. The van der Waals surface area contributed by atoms with E-state index in [1.54, 1.807) is 12.1 Å². The first-order valence-corrected chi connectivity index (χ1v) is 7.17. The molecule has 0 aliphatic carbocycles. The normalized spacial score (nSPS) is 11.8. The van der Waals surface area contributed by atoms with Gasteiger partial charge in [-0.15, -0.1) is 0 Å². The van der Waals surface area contributed by atoms with E-state index in [9.17, 15) is 4.79 Å². The van der Waals surface area contributed by atoms with Crippen LogP contribution in [0.1, 0.15) is 24.1 Å². The Bertz CT molecular complexity index is 610. The third-order valence-electron chi connectivity index (χ3n) is 3.15. The molecule has 2 rings (SSSR count). The Morgan fingerprint density at radius 3 is 2.52 bits per heavy atom. The quantitative estimate of drug-likeness (QED) is 0.909. The molecule has 0 aliphatic heterocycles. The van der Waals surface area contributed by atoms with Crippen LogP contribution in [0.25, 0.3) is 0 Å². The monoisotopic (exact) mass is 303 g/mol. The van der Waals surface area contributed by atoms with Crippen molar-refractivity contribution >= 4 is 17.5 Å². The molecule has 1 N–H and O–H groups in total. The number of halogens is 1. The first kappa shape index (κ1) is 15.4. The largest absolute Gasteiger partial charge is 0.482 e. The van der Waals surface area contributed by atoms with Crippen LogP contribution in [-0.4, -0.2) is 12.5 Å². The van der Waals surface area contributed by atoms with Crippen molar-refractivity contribution in [1.29, 1.82) is 0 Å². The Morgan fingerprint density at radius 1 is 1.19 bits per heavy atom. The molecule has 0 fully saturated rings. The van der Waals surface area contributed by atoms with Gasteiger partial charge in [0.1, 0.15) is 5.75 Å². The van der Waals surface area contributed by atoms with Crippen LogP contribution >= 0.6 is 11.6 Å². The van der Waals surface area contributed by atoms with Gasteiger partial charge in [-0.2, -0.15) is 0 Å². The van der Waals surface area contributed by atoms with Crippen LogP contribution in [0.2, 0.25) is 5.02 Å². The van der Waals surface area contributed by atoms with Crippen LogP contribution in [0, 0.1) is 6.92 Å². The second-order valence-corrected chi connectivity index (χ2v) is 5.33. The van der Waals surface area contributed by atoms with Crippen LogP contribution in [0.3, 0.4) is 0 Å². The van der Waals surface area contributed by atoms with Gasteiger partial charge in [-0.25, -0.2) is 0 Å². The average molecular weight is 304 g/mol. The molecule has 21 heavy (non-hydrogen) atoms. The number of hydrogen-bond acceptors (Lipinski definition) is 2. The van der Waals surface area contributed by atoms with Crippen LogP contribution in [0.15, 0.2) is 48.5 Å². The number of para-hydroxylation sites is 1. The molecule has 0 aliphatic rings. The standard InChI is InChI=1S/C17H18ClNO2/c1-12-7-9-14(10-8-12)13(2)19-17(20)11-21-16-6-4-3-5-15(16)18/h3-10,13H,11H2,1-2H3,(H,19,20)/t13-/m0/s1. The molecule has 0 aromatic heterocycles. The van der Waals surface area contributed by atoms with E-state index >= 15 is 0 Å². The van der Waals surface area contributed by atoms with E-state index in [0.29, 0.717) is 10.8 Å². The molecule has 0 radical (unpaired) electrons. The van der Waals surface area contributed by atoms with E-state index in [1.165, 1.54) is 5.56 Å². The first-order chi connectivity index (χ1) is 10.1. The Labute approximate surface area is 129 Å². The molecule has 0 spiro atoms. The summed E-state index contributed by atoms with van der Waals surface area (Å²) in [6, 6.07) is 15.1. The van der Waals surface area contributed by atoms with E-state index in [1.807, 2.05) is 50.2 Å². The summed E-state index contributed by atoms with van der Waals surface area (Å²) in [5, 5.41) is 3.40. The lowest BCUT2D eigenvalue weighted by Crippen LogP contribution is -2.31. The van der Waals surface area contributed by atoms with Gasteiger partial charge in [-0.05, 0) is 31.5 Å². The predicted octanol–water partition coefficient (Wildman–Crippen LogP) is 3.90. The molecule has 0 bridgehead atoms. The van der Waals surface area contributed by atoms with Gasteiger partial charge in [0.25, 0.3) is 5.91 Å². The highest BCUT2D eigenvalue weighted by atomic mass is 35.5. The Hall–Kier alpha value is -2.00. The summed E-state index contributed by atoms with van der Waals surface area (Å²) in [5.74, 6) is 0.334. The first-order valence-electron chi connectivity index (χ1n) is 6.79. The van der Waals surface area contributed by atoms with E-state index in [4.69, 9.17) is 16.3 Å².